The summed E-state index contributed by atoms with van der Waals surface area (Å²) in [7, 11) is 0. The van der Waals surface area contributed by atoms with Gasteiger partial charge in [0.25, 0.3) is 5.91 Å². The second-order valence-corrected chi connectivity index (χ2v) is 6.74. The lowest BCUT2D eigenvalue weighted by molar-refractivity contribution is 0.102. The third-order valence-corrected chi connectivity index (χ3v) is 5.03. The zero-order chi connectivity index (χ0) is 17.8. The normalized spacial score (nSPS) is 10.5. The molecule has 2 aromatic carbocycles. The zero-order valence-electron chi connectivity index (χ0n) is 13.3. The maximum atomic E-state index is 13.2. The molecule has 0 unspecified atom stereocenters. The molecule has 1 heterocycles. The van der Waals surface area contributed by atoms with E-state index >= 15 is 0 Å². The minimum absolute atomic E-state index is 0.308. The van der Waals surface area contributed by atoms with Crippen LogP contribution in [0.15, 0.2) is 70.7 Å². The molecule has 25 heavy (non-hydrogen) atoms. The summed E-state index contributed by atoms with van der Waals surface area (Å²) in [6.07, 6.45) is 1.62. The van der Waals surface area contributed by atoms with E-state index in [2.05, 4.69) is 10.3 Å². The zero-order valence-corrected chi connectivity index (χ0v) is 14.9. The fraction of sp³-hybridized carbons (Fsp3) is 0.0526. The molecular weight excluding hydrogens is 359 g/mol. The fourth-order valence-corrected chi connectivity index (χ4v) is 3.39. The largest absolute Gasteiger partial charge is 0.322 e. The fourth-order valence-electron chi connectivity index (χ4n) is 2.23. The van der Waals surface area contributed by atoms with Crippen LogP contribution in [0.3, 0.4) is 0 Å². The molecule has 0 fully saturated rings. The van der Waals surface area contributed by atoms with Crippen LogP contribution in [-0.2, 0) is 0 Å². The quantitative estimate of drug-likeness (QED) is 0.649. The smallest absolute Gasteiger partial charge is 0.258 e. The van der Waals surface area contributed by atoms with Crippen molar-refractivity contribution in [1.29, 1.82) is 0 Å². The van der Waals surface area contributed by atoms with Gasteiger partial charge in [0.1, 0.15) is 10.8 Å². The van der Waals surface area contributed by atoms with Crippen LogP contribution in [-0.4, -0.2) is 10.9 Å². The lowest BCUT2D eigenvalue weighted by Gasteiger charge is -2.11. The van der Waals surface area contributed by atoms with Crippen molar-refractivity contribution in [2.45, 2.75) is 16.8 Å². The molecule has 1 aromatic heterocycles. The van der Waals surface area contributed by atoms with Gasteiger partial charge in [-0.1, -0.05) is 35.5 Å². The molecule has 0 aliphatic heterocycles. The van der Waals surface area contributed by atoms with Gasteiger partial charge < -0.3 is 5.32 Å². The molecule has 3 aromatic rings. The monoisotopic (exact) mass is 372 g/mol. The Morgan fingerprint density at radius 2 is 1.96 bits per heavy atom. The van der Waals surface area contributed by atoms with Crippen molar-refractivity contribution in [1.82, 2.24) is 4.98 Å². The lowest BCUT2D eigenvalue weighted by Crippen LogP contribution is -2.14. The highest BCUT2D eigenvalue weighted by Gasteiger charge is 2.15. The Hall–Kier alpha value is -2.37. The van der Waals surface area contributed by atoms with E-state index in [0.717, 1.165) is 4.90 Å². The number of nitrogens with one attached hydrogen (secondary N) is 1. The minimum atomic E-state index is -0.341. The van der Waals surface area contributed by atoms with Gasteiger partial charge >= 0.3 is 0 Å². The standard InChI is InChI=1S/C19H14ClFN2OS/c1-12-11-13(21)8-9-16(12)23-18(24)14-5-4-10-22-19(14)25-17-7-3-2-6-15(17)20/h2-11H,1H3,(H,23,24). The number of pyridine rings is 1. The van der Waals surface area contributed by atoms with Crippen LogP contribution in [0.1, 0.15) is 15.9 Å². The van der Waals surface area contributed by atoms with Crippen molar-refractivity contribution in [3.8, 4) is 0 Å². The Kier molecular flexibility index (Phi) is 5.36. The highest BCUT2D eigenvalue weighted by atomic mass is 35.5. The van der Waals surface area contributed by atoms with Crippen molar-refractivity contribution in [2.75, 3.05) is 5.32 Å². The number of amides is 1. The molecule has 126 valence electrons. The number of nitrogens with zero attached hydrogens (tertiary/aromatic N) is 1. The predicted molar refractivity (Wildman–Crippen MR) is 98.9 cm³/mol. The van der Waals surface area contributed by atoms with Gasteiger partial charge in [0.15, 0.2) is 0 Å². The maximum absolute atomic E-state index is 13.2. The van der Waals surface area contributed by atoms with Crippen molar-refractivity contribution in [3.63, 3.8) is 0 Å². The van der Waals surface area contributed by atoms with Crippen molar-refractivity contribution >= 4 is 35.0 Å². The van der Waals surface area contributed by atoms with Crippen LogP contribution >= 0.6 is 23.4 Å². The lowest BCUT2D eigenvalue weighted by atomic mass is 10.2. The summed E-state index contributed by atoms with van der Waals surface area (Å²) in [6, 6.07) is 15.0. The van der Waals surface area contributed by atoms with E-state index < -0.39 is 0 Å². The number of halogens is 2. The molecule has 1 amide bonds. The predicted octanol–water partition coefficient (Wildman–Crippen LogP) is 5.59. The first-order valence-electron chi connectivity index (χ1n) is 7.49. The summed E-state index contributed by atoms with van der Waals surface area (Å²) in [4.78, 5) is 17.8. The number of anilines is 1. The van der Waals surface area contributed by atoms with Crippen molar-refractivity contribution in [3.05, 3.63) is 82.8 Å². The molecule has 0 saturated heterocycles. The Morgan fingerprint density at radius 1 is 1.16 bits per heavy atom. The molecule has 3 rings (SSSR count). The Morgan fingerprint density at radius 3 is 2.72 bits per heavy atom. The Labute approximate surface area is 154 Å². The second-order valence-electron chi connectivity index (χ2n) is 5.30. The van der Waals surface area contributed by atoms with Crippen LogP contribution < -0.4 is 5.32 Å². The molecule has 0 radical (unpaired) electrons. The molecule has 1 N–H and O–H groups in total. The molecule has 0 saturated carbocycles. The number of hydrogen-bond acceptors (Lipinski definition) is 3. The Bertz CT molecular complexity index is 933. The van der Waals surface area contributed by atoms with Gasteiger partial charge in [-0.2, -0.15) is 0 Å². The van der Waals surface area contributed by atoms with E-state index in [1.54, 1.807) is 37.4 Å². The first-order chi connectivity index (χ1) is 12.0. The topological polar surface area (TPSA) is 42.0 Å². The van der Waals surface area contributed by atoms with E-state index in [4.69, 9.17) is 11.6 Å². The summed E-state index contributed by atoms with van der Waals surface area (Å²) in [6.45, 7) is 1.74. The highest BCUT2D eigenvalue weighted by Crippen LogP contribution is 2.33. The van der Waals surface area contributed by atoms with Gasteiger partial charge in [0.05, 0.1) is 10.6 Å². The van der Waals surface area contributed by atoms with E-state index in [1.165, 1.54) is 23.9 Å². The number of aromatic nitrogens is 1. The van der Waals surface area contributed by atoms with E-state index in [-0.39, 0.29) is 11.7 Å². The number of benzene rings is 2. The van der Waals surface area contributed by atoms with Gasteiger partial charge in [-0.05, 0) is 55.0 Å². The maximum Gasteiger partial charge on any atom is 0.258 e. The van der Waals surface area contributed by atoms with Crippen molar-refractivity contribution in [2.24, 2.45) is 0 Å². The molecule has 6 heteroatoms. The average molecular weight is 373 g/mol. The Balaban J connectivity index is 1.87. The van der Waals surface area contributed by atoms with Crippen LogP contribution in [0, 0.1) is 12.7 Å². The summed E-state index contributed by atoms with van der Waals surface area (Å²) in [5.41, 5.74) is 1.64. The molecular formula is C19H14ClFN2OS. The number of carbonyl (C=O) groups excluding carboxylic acids is 1. The molecule has 0 atom stereocenters. The summed E-state index contributed by atoms with van der Waals surface area (Å²) in [5, 5.41) is 3.95. The summed E-state index contributed by atoms with van der Waals surface area (Å²) < 4.78 is 13.2. The summed E-state index contributed by atoms with van der Waals surface area (Å²) >= 11 is 7.51. The van der Waals surface area contributed by atoms with E-state index in [9.17, 15) is 9.18 Å². The van der Waals surface area contributed by atoms with Crippen molar-refractivity contribution < 1.29 is 9.18 Å². The van der Waals surface area contributed by atoms with E-state index in [0.29, 0.717) is 26.9 Å². The number of aryl methyl sites for hydroxylation is 1. The first-order valence-corrected chi connectivity index (χ1v) is 8.69. The van der Waals surface area contributed by atoms with Gasteiger partial charge in [-0.3, -0.25) is 4.79 Å². The minimum Gasteiger partial charge on any atom is -0.322 e. The molecule has 3 nitrogen and oxygen atoms in total. The van der Waals surface area contributed by atoms with Gasteiger partial charge in [-0.15, -0.1) is 0 Å². The van der Waals surface area contributed by atoms with Crippen LogP contribution in [0.4, 0.5) is 10.1 Å². The number of rotatable bonds is 4. The van der Waals surface area contributed by atoms with Gasteiger partial charge in [-0.25, -0.2) is 9.37 Å². The molecule has 0 spiro atoms. The second kappa shape index (κ2) is 7.68. The van der Waals surface area contributed by atoms with Crippen LogP contribution in [0.2, 0.25) is 5.02 Å². The molecule has 0 bridgehead atoms. The third kappa shape index (κ3) is 4.18. The average Bonchev–Trinajstić information content (AvgIpc) is 2.60. The van der Waals surface area contributed by atoms with Crippen LogP contribution in [0.5, 0.6) is 0 Å². The number of hydrogen-bond donors (Lipinski definition) is 1. The molecule has 0 aliphatic rings. The number of carbonyl (C=O) groups is 1. The van der Waals surface area contributed by atoms with Gasteiger partial charge in [0.2, 0.25) is 0 Å². The van der Waals surface area contributed by atoms with Crippen LogP contribution in [0.25, 0.3) is 0 Å². The van der Waals surface area contributed by atoms with E-state index in [1.807, 2.05) is 18.2 Å². The first kappa shape index (κ1) is 17.5. The van der Waals surface area contributed by atoms with Gasteiger partial charge in [0, 0.05) is 16.8 Å². The highest BCUT2D eigenvalue weighted by molar-refractivity contribution is 7.99. The third-order valence-electron chi connectivity index (χ3n) is 3.50. The SMILES string of the molecule is Cc1cc(F)ccc1NC(=O)c1cccnc1Sc1ccccc1Cl. The molecule has 0 aliphatic carbocycles. The summed E-state index contributed by atoms with van der Waals surface area (Å²) in [5.74, 6) is -0.649.